The zero-order chi connectivity index (χ0) is 19.6. The van der Waals surface area contributed by atoms with Crippen molar-refractivity contribution in [3.05, 3.63) is 74.6 Å². The Kier molecular flexibility index (Phi) is 5.58. The third kappa shape index (κ3) is 4.02. The zero-order valence-electron chi connectivity index (χ0n) is 14.7. The smallest absolute Gasteiger partial charge is 0.295 e. The van der Waals surface area contributed by atoms with Gasteiger partial charge in [0.1, 0.15) is 11.4 Å². The minimum absolute atomic E-state index is 0.206. The standard InChI is InChI=1S/C19H17Cl2N3O3/c1-12-18(19(26)24(23(12)2)14-6-4-3-5-7-14)22-17(25)11-27-16-9-8-13(20)10-15(16)21/h3-10H,11H2,1-2H3,(H,22,25). The lowest BCUT2D eigenvalue weighted by Crippen LogP contribution is -2.25. The predicted octanol–water partition coefficient (Wildman–Crippen LogP) is 3.81. The Labute approximate surface area is 165 Å². The van der Waals surface area contributed by atoms with Crippen molar-refractivity contribution in [3.8, 4) is 11.4 Å². The van der Waals surface area contributed by atoms with Crippen LogP contribution in [0, 0.1) is 6.92 Å². The third-order valence-electron chi connectivity index (χ3n) is 4.07. The van der Waals surface area contributed by atoms with Gasteiger partial charge >= 0.3 is 0 Å². The molecule has 0 radical (unpaired) electrons. The van der Waals surface area contributed by atoms with Gasteiger partial charge in [-0.25, -0.2) is 4.68 Å². The summed E-state index contributed by atoms with van der Waals surface area (Å²) in [5.41, 5.74) is 1.22. The molecule has 0 fully saturated rings. The topological polar surface area (TPSA) is 65.3 Å². The van der Waals surface area contributed by atoms with E-state index in [1.165, 1.54) is 10.7 Å². The summed E-state index contributed by atoms with van der Waals surface area (Å²) in [7, 11) is 1.75. The highest BCUT2D eigenvalue weighted by molar-refractivity contribution is 6.35. The van der Waals surface area contributed by atoms with Crippen molar-refractivity contribution in [2.75, 3.05) is 11.9 Å². The van der Waals surface area contributed by atoms with Crippen LogP contribution in [-0.2, 0) is 11.8 Å². The van der Waals surface area contributed by atoms with E-state index in [9.17, 15) is 9.59 Å². The molecule has 0 aliphatic carbocycles. The van der Waals surface area contributed by atoms with Gasteiger partial charge in [-0.3, -0.25) is 14.3 Å². The van der Waals surface area contributed by atoms with Gasteiger partial charge in [0.05, 0.1) is 16.4 Å². The molecule has 0 aliphatic rings. The fraction of sp³-hybridized carbons (Fsp3) is 0.158. The average Bonchev–Trinajstić information content (AvgIpc) is 2.85. The van der Waals surface area contributed by atoms with Gasteiger partial charge in [-0.1, -0.05) is 41.4 Å². The Hall–Kier alpha value is -2.70. The van der Waals surface area contributed by atoms with Crippen LogP contribution in [-0.4, -0.2) is 21.9 Å². The molecule has 2 aromatic carbocycles. The van der Waals surface area contributed by atoms with E-state index in [-0.39, 0.29) is 17.9 Å². The summed E-state index contributed by atoms with van der Waals surface area (Å²) in [6, 6.07) is 13.9. The summed E-state index contributed by atoms with van der Waals surface area (Å²) in [6.07, 6.45) is 0. The summed E-state index contributed by atoms with van der Waals surface area (Å²) in [5, 5.41) is 3.40. The van der Waals surface area contributed by atoms with E-state index < -0.39 is 5.91 Å². The molecule has 0 saturated heterocycles. The van der Waals surface area contributed by atoms with E-state index >= 15 is 0 Å². The fourth-order valence-corrected chi connectivity index (χ4v) is 3.09. The third-order valence-corrected chi connectivity index (χ3v) is 4.60. The summed E-state index contributed by atoms with van der Waals surface area (Å²) < 4.78 is 8.58. The number of benzene rings is 2. The number of carbonyl (C=O) groups is 1. The molecular formula is C19H17Cl2N3O3. The molecule has 6 nitrogen and oxygen atoms in total. The molecule has 8 heteroatoms. The number of anilines is 1. The van der Waals surface area contributed by atoms with E-state index in [1.54, 1.807) is 30.8 Å². The van der Waals surface area contributed by atoms with Gasteiger partial charge in [0.25, 0.3) is 11.5 Å². The summed E-state index contributed by atoms with van der Waals surface area (Å²) in [5.74, 6) is -0.130. The molecule has 0 bridgehead atoms. The predicted molar refractivity (Wildman–Crippen MR) is 106 cm³/mol. The SMILES string of the molecule is Cc1c(NC(=O)COc2ccc(Cl)cc2Cl)c(=O)n(-c2ccccc2)n1C. The lowest BCUT2D eigenvalue weighted by Gasteiger charge is -2.08. The van der Waals surface area contributed by atoms with Gasteiger partial charge in [0.2, 0.25) is 0 Å². The van der Waals surface area contributed by atoms with Crippen LogP contribution in [0.25, 0.3) is 5.69 Å². The second-order valence-corrected chi connectivity index (χ2v) is 6.69. The normalized spacial score (nSPS) is 10.7. The van der Waals surface area contributed by atoms with Crippen molar-refractivity contribution in [3.63, 3.8) is 0 Å². The maximum Gasteiger partial charge on any atom is 0.295 e. The minimum Gasteiger partial charge on any atom is -0.482 e. The first-order chi connectivity index (χ1) is 12.9. The molecule has 1 heterocycles. The maximum absolute atomic E-state index is 12.8. The second-order valence-electron chi connectivity index (χ2n) is 5.85. The number of para-hydroxylation sites is 1. The Bertz CT molecular complexity index is 1040. The van der Waals surface area contributed by atoms with Crippen molar-refractivity contribution in [1.82, 2.24) is 9.36 Å². The Morgan fingerprint density at radius 3 is 2.52 bits per heavy atom. The van der Waals surface area contributed by atoms with Crippen LogP contribution in [0.3, 0.4) is 0 Å². The van der Waals surface area contributed by atoms with Gasteiger partial charge < -0.3 is 10.1 Å². The number of nitrogens with zero attached hydrogens (tertiary/aromatic N) is 2. The average molecular weight is 406 g/mol. The first-order valence-electron chi connectivity index (χ1n) is 8.10. The largest absolute Gasteiger partial charge is 0.482 e. The van der Waals surface area contributed by atoms with Gasteiger partial charge in [0, 0.05) is 12.1 Å². The molecule has 1 amide bonds. The number of halogens is 2. The van der Waals surface area contributed by atoms with Crippen LogP contribution in [0.5, 0.6) is 5.75 Å². The quantitative estimate of drug-likeness (QED) is 0.701. The van der Waals surface area contributed by atoms with Crippen LogP contribution in [0.4, 0.5) is 5.69 Å². The van der Waals surface area contributed by atoms with Crippen LogP contribution in [0.2, 0.25) is 10.0 Å². The van der Waals surface area contributed by atoms with Gasteiger partial charge in [-0.15, -0.1) is 0 Å². The number of hydrogen-bond donors (Lipinski definition) is 1. The lowest BCUT2D eigenvalue weighted by molar-refractivity contribution is -0.118. The Morgan fingerprint density at radius 1 is 1.15 bits per heavy atom. The number of amides is 1. The summed E-state index contributed by atoms with van der Waals surface area (Å²) >= 11 is 11.8. The van der Waals surface area contributed by atoms with Crippen LogP contribution in [0.15, 0.2) is 53.3 Å². The molecule has 0 spiro atoms. The van der Waals surface area contributed by atoms with Crippen molar-refractivity contribution in [2.24, 2.45) is 7.05 Å². The number of carbonyl (C=O) groups excluding carboxylic acids is 1. The Morgan fingerprint density at radius 2 is 1.85 bits per heavy atom. The molecule has 3 aromatic rings. The summed E-state index contributed by atoms with van der Waals surface area (Å²) in [4.78, 5) is 25.0. The zero-order valence-corrected chi connectivity index (χ0v) is 16.2. The first kappa shape index (κ1) is 19.1. The number of nitrogens with one attached hydrogen (secondary N) is 1. The minimum atomic E-state index is -0.466. The van der Waals surface area contributed by atoms with Gasteiger partial charge in [-0.2, -0.15) is 0 Å². The van der Waals surface area contributed by atoms with E-state index in [0.717, 1.165) is 0 Å². The molecule has 0 atom stereocenters. The monoisotopic (exact) mass is 405 g/mol. The lowest BCUT2D eigenvalue weighted by atomic mass is 10.3. The number of aromatic nitrogens is 2. The molecule has 27 heavy (non-hydrogen) atoms. The van der Waals surface area contributed by atoms with Crippen LogP contribution < -0.4 is 15.6 Å². The molecule has 140 valence electrons. The highest BCUT2D eigenvalue weighted by atomic mass is 35.5. The number of hydrogen-bond acceptors (Lipinski definition) is 3. The van der Waals surface area contributed by atoms with Crippen molar-refractivity contribution in [1.29, 1.82) is 0 Å². The van der Waals surface area contributed by atoms with Crippen molar-refractivity contribution < 1.29 is 9.53 Å². The van der Waals surface area contributed by atoms with E-state index in [2.05, 4.69) is 5.32 Å². The summed E-state index contributed by atoms with van der Waals surface area (Å²) in [6.45, 7) is 1.47. The molecule has 1 N–H and O–H groups in total. The molecule has 1 aromatic heterocycles. The molecule has 0 unspecified atom stereocenters. The Balaban J connectivity index is 1.78. The van der Waals surface area contributed by atoms with Crippen molar-refractivity contribution >= 4 is 34.8 Å². The second kappa shape index (κ2) is 7.90. The first-order valence-corrected chi connectivity index (χ1v) is 8.86. The molecule has 3 rings (SSSR count). The maximum atomic E-state index is 12.8. The van der Waals surface area contributed by atoms with Crippen LogP contribution in [0.1, 0.15) is 5.69 Å². The fourth-order valence-electron chi connectivity index (χ4n) is 2.62. The van der Waals surface area contributed by atoms with Gasteiger partial charge in [-0.05, 0) is 37.3 Å². The molecular weight excluding hydrogens is 389 g/mol. The number of ether oxygens (including phenoxy) is 1. The van der Waals surface area contributed by atoms with Crippen LogP contribution >= 0.6 is 23.2 Å². The molecule has 0 aliphatic heterocycles. The van der Waals surface area contributed by atoms with E-state index in [0.29, 0.717) is 27.2 Å². The highest BCUT2D eigenvalue weighted by Gasteiger charge is 2.18. The molecule has 0 saturated carbocycles. The van der Waals surface area contributed by atoms with Crippen molar-refractivity contribution in [2.45, 2.75) is 6.92 Å². The van der Waals surface area contributed by atoms with Gasteiger partial charge in [0.15, 0.2) is 6.61 Å². The van der Waals surface area contributed by atoms with E-state index in [4.69, 9.17) is 27.9 Å². The van der Waals surface area contributed by atoms with E-state index in [1.807, 2.05) is 30.3 Å². The number of rotatable bonds is 5. The highest BCUT2D eigenvalue weighted by Crippen LogP contribution is 2.27.